The number of benzene rings is 1. The Morgan fingerprint density at radius 3 is 2.76 bits per heavy atom. The number of fused-ring (bicyclic) bond motifs is 1. The molecule has 2 heterocycles. The molecule has 132 valence electrons. The zero-order valence-corrected chi connectivity index (χ0v) is 15.5. The van der Waals surface area contributed by atoms with Crippen LogP contribution < -0.4 is 5.32 Å². The number of hydrogen-bond donors (Lipinski definition) is 1. The number of aryl methyl sites for hydroxylation is 2. The summed E-state index contributed by atoms with van der Waals surface area (Å²) >= 11 is 1.79. The van der Waals surface area contributed by atoms with Gasteiger partial charge in [0.15, 0.2) is 0 Å². The zero-order valence-electron chi connectivity index (χ0n) is 14.7. The minimum absolute atomic E-state index is 0.138. The van der Waals surface area contributed by atoms with Crippen LogP contribution >= 0.6 is 11.3 Å². The summed E-state index contributed by atoms with van der Waals surface area (Å²) in [5.41, 5.74) is 4.06. The Balaban J connectivity index is 1.36. The number of nitrogens with one attached hydrogen (secondary N) is 1. The van der Waals surface area contributed by atoms with Gasteiger partial charge in [-0.05, 0) is 73.3 Å². The van der Waals surface area contributed by atoms with Crippen LogP contribution in [-0.4, -0.2) is 30.4 Å². The minimum Gasteiger partial charge on any atom is -0.354 e. The number of carbonyl (C=O) groups excluding carboxylic acids is 1. The molecule has 25 heavy (non-hydrogen) atoms. The van der Waals surface area contributed by atoms with E-state index in [1.807, 2.05) is 0 Å². The summed E-state index contributed by atoms with van der Waals surface area (Å²) in [5.74, 6) is 0.138. The van der Waals surface area contributed by atoms with Crippen LogP contribution in [0.25, 0.3) is 0 Å². The number of carbonyl (C=O) groups is 1. The molecule has 1 saturated heterocycles. The standard InChI is InChI=1S/C21H26N2OS/c24-21(14-16-8-9-17-5-3-6-18(17)13-16)22-15-19(20-7-4-12-25-20)23-10-1-2-11-23/h4,7-9,12-13,19H,1-3,5-6,10-11,14-15H2,(H,22,24)/t19-/m0/s1. The van der Waals surface area contributed by atoms with Gasteiger partial charge in [-0.15, -0.1) is 11.3 Å². The fourth-order valence-electron chi connectivity index (χ4n) is 4.14. The second kappa shape index (κ2) is 7.71. The molecule has 4 heteroatoms. The topological polar surface area (TPSA) is 32.3 Å². The van der Waals surface area contributed by atoms with E-state index < -0.39 is 0 Å². The number of hydrogen-bond acceptors (Lipinski definition) is 3. The number of amides is 1. The predicted molar refractivity (Wildman–Crippen MR) is 103 cm³/mol. The van der Waals surface area contributed by atoms with Gasteiger partial charge in [0.05, 0.1) is 12.5 Å². The largest absolute Gasteiger partial charge is 0.354 e. The lowest BCUT2D eigenvalue weighted by Crippen LogP contribution is -2.37. The van der Waals surface area contributed by atoms with Gasteiger partial charge in [-0.3, -0.25) is 9.69 Å². The molecule has 1 atom stereocenters. The Bertz CT molecular complexity index is 720. The molecule has 3 nitrogen and oxygen atoms in total. The minimum atomic E-state index is 0.138. The first-order valence-electron chi connectivity index (χ1n) is 9.44. The van der Waals surface area contributed by atoms with Crippen LogP contribution in [0.2, 0.25) is 0 Å². The smallest absolute Gasteiger partial charge is 0.224 e. The van der Waals surface area contributed by atoms with Crippen LogP contribution in [0, 0.1) is 0 Å². The zero-order chi connectivity index (χ0) is 17.1. The van der Waals surface area contributed by atoms with Crippen molar-refractivity contribution in [2.24, 2.45) is 0 Å². The Morgan fingerprint density at radius 2 is 1.96 bits per heavy atom. The number of likely N-dealkylation sites (tertiary alicyclic amines) is 1. The van der Waals surface area contributed by atoms with E-state index in [4.69, 9.17) is 0 Å². The van der Waals surface area contributed by atoms with Crippen LogP contribution in [0.5, 0.6) is 0 Å². The maximum atomic E-state index is 12.5. The van der Waals surface area contributed by atoms with Crippen LogP contribution in [0.1, 0.15) is 46.9 Å². The molecule has 1 fully saturated rings. The molecule has 4 rings (SSSR count). The van der Waals surface area contributed by atoms with Crippen LogP contribution in [-0.2, 0) is 24.1 Å². The quantitative estimate of drug-likeness (QED) is 0.857. The van der Waals surface area contributed by atoms with Crippen LogP contribution in [0.3, 0.4) is 0 Å². The van der Waals surface area contributed by atoms with Crippen LogP contribution in [0.15, 0.2) is 35.7 Å². The molecule has 0 spiro atoms. The average molecular weight is 355 g/mol. The molecular formula is C21H26N2OS. The van der Waals surface area contributed by atoms with Crippen molar-refractivity contribution in [3.63, 3.8) is 0 Å². The summed E-state index contributed by atoms with van der Waals surface area (Å²) in [7, 11) is 0. The van der Waals surface area contributed by atoms with Crippen molar-refractivity contribution in [3.05, 3.63) is 57.3 Å². The molecule has 1 amide bonds. The van der Waals surface area contributed by atoms with Crippen molar-refractivity contribution < 1.29 is 4.79 Å². The molecule has 0 bridgehead atoms. The van der Waals surface area contributed by atoms with Gasteiger partial charge in [-0.1, -0.05) is 24.3 Å². The van der Waals surface area contributed by atoms with Crippen molar-refractivity contribution in [1.29, 1.82) is 0 Å². The lowest BCUT2D eigenvalue weighted by molar-refractivity contribution is -0.120. The van der Waals surface area contributed by atoms with Crippen molar-refractivity contribution in [2.75, 3.05) is 19.6 Å². The van der Waals surface area contributed by atoms with Crippen molar-refractivity contribution in [3.8, 4) is 0 Å². The summed E-state index contributed by atoms with van der Waals surface area (Å²) in [4.78, 5) is 16.4. The average Bonchev–Trinajstić information content (AvgIpc) is 3.37. The van der Waals surface area contributed by atoms with Crippen LogP contribution in [0.4, 0.5) is 0 Å². The second-order valence-electron chi connectivity index (χ2n) is 7.21. The molecule has 1 N–H and O–H groups in total. The molecule has 1 aromatic heterocycles. The Hall–Kier alpha value is -1.65. The lowest BCUT2D eigenvalue weighted by Gasteiger charge is -2.27. The predicted octanol–water partition coefficient (Wildman–Crippen LogP) is 3.73. The normalized spacial score (nSPS) is 18.2. The Kier molecular flexibility index (Phi) is 5.18. The van der Waals surface area contributed by atoms with Gasteiger partial charge in [-0.2, -0.15) is 0 Å². The summed E-state index contributed by atoms with van der Waals surface area (Å²) in [5, 5.41) is 5.32. The van der Waals surface area contributed by atoms with Gasteiger partial charge in [0, 0.05) is 11.4 Å². The maximum Gasteiger partial charge on any atom is 0.224 e. The van der Waals surface area contributed by atoms with Crippen molar-refractivity contribution in [1.82, 2.24) is 10.2 Å². The lowest BCUT2D eigenvalue weighted by atomic mass is 10.0. The number of nitrogens with zero attached hydrogens (tertiary/aromatic N) is 1. The highest BCUT2D eigenvalue weighted by Crippen LogP contribution is 2.28. The van der Waals surface area contributed by atoms with E-state index in [0.29, 0.717) is 19.0 Å². The van der Waals surface area contributed by atoms with E-state index in [1.54, 1.807) is 11.3 Å². The third-order valence-electron chi connectivity index (χ3n) is 5.47. The van der Waals surface area contributed by atoms with Gasteiger partial charge >= 0.3 is 0 Å². The molecular weight excluding hydrogens is 328 g/mol. The number of thiophene rings is 1. The first kappa shape index (κ1) is 16.8. The summed E-state index contributed by atoms with van der Waals surface area (Å²) < 4.78 is 0. The molecule has 1 aliphatic carbocycles. The van der Waals surface area contributed by atoms with E-state index >= 15 is 0 Å². The third-order valence-corrected chi connectivity index (χ3v) is 6.45. The highest BCUT2D eigenvalue weighted by atomic mass is 32.1. The SMILES string of the molecule is O=C(Cc1ccc2c(c1)CCC2)NC[C@@H](c1cccs1)N1CCCC1. The molecule has 0 radical (unpaired) electrons. The Morgan fingerprint density at radius 1 is 1.12 bits per heavy atom. The highest BCUT2D eigenvalue weighted by Gasteiger charge is 2.24. The summed E-state index contributed by atoms with van der Waals surface area (Å²) in [6.45, 7) is 3.00. The summed E-state index contributed by atoms with van der Waals surface area (Å²) in [6.07, 6.45) is 6.64. The van der Waals surface area contributed by atoms with Crippen molar-refractivity contribution in [2.45, 2.75) is 44.6 Å². The Labute approximate surface area is 154 Å². The van der Waals surface area contributed by atoms with Gasteiger partial charge in [-0.25, -0.2) is 0 Å². The molecule has 1 aromatic carbocycles. The van der Waals surface area contributed by atoms with Crippen molar-refractivity contribution >= 4 is 17.2 Å². The second-order valence-corrected chi connectivity index (χ2v) is 8.19. The molecule has 1 aliphatic heterocycles. The molecule has 2 aromatic rings. The van der Waals surface area contributed by atoms with E-state index in [1.165, 1.54) is 48.1 Å². The molecule has 0 saturated carbocycles. The number of rotatable bonds is 6. The van der Waals surface area contributed by atoms with Gasteiger partial charge in [0.1, 0.15) is 0 Å². The van der Waals surface area contributed by atoms with E-state index in [2.05, 4.69) is 45.9 Å². The molecule has 2 aliphatic rings. The monoisotopic (exact) mass is 354 g/mol. The highest BCUT2D eigenvalue weighted by molar-refractivity contribution is 7.10. The fraction of sp³-hybridized carbons (Fsp3) is 0.476. The first-order chi connectivity index (χ1) is 12.3. The van der Waals surface area contributed by atoms with Gasteiger partial charge in [0.25, 0.3) is 0 Å². The van der Waals surface area contributed by atoms with E-state index in [0.717, 1.165) is 18.7 Å². The van der Waals surface area contributed by atoms with Gasteiger partial charge < -0.3 is 5.32 Å². The fourth-order valence-corrected chi connectivity index (χ4v) is 5.00. The van der Waals surface area contributed by atoms with Gasteiger partial charge in [0.2, 0.25) is 5.91 Å². The third kappa shape index (κ3) is 3.96. The van der Waals surface area contributed by atoms with E-state index in [-0.39, 0.29) is 5.91 Å². The molecule has 0 unspecified atom stereocenters. The summed E-state index contributed by atoms with van der Waals surface area (Å²) in [6, 6.07) is 11.2. The van der Waals surface area contributed by atoms with E-state index in [9.17, 15) is 4.79 Å². The maximum absolute atomic E-state index is 12.5. The first-order valence-corrected chi connectivity index (χ1v) is 10.3.